The number of hydrogen-bond donors (Lipinski definition) is 3. The van der Waals surface area contributed by atoms with E-state index in [1.165, 1.54) is 5.56 Å². The molecule has 3 N–H and O–H groups in total. The van der Waals surface area contributed by atoms with E-state index < -0.39 is 0 Å². The van der Waals surface area contributed by atoms with E-state index in [9.17, 15) is 4.79 Å². The molecule has 0 bridgehead atoms. The maximum atomic E-state index is 12.2. The second-order valence-electron chi connectivity index (χ2n) is 5.77. The molecule has 2 heterocycles. The van der Waals surface area contributed by atoms with Crippen LogP contribution >= 0.6 is 0 Å². The van der Waals surface area contributed by atoms with Crippen molar-refractivity contribution >= 4 is 11.7 Å². The zero-order chi connectivity index (χ0) is 15.7. The highest BCUT2D eigenvalue weighted by Gasteiger charge is 2.22. The third kappa shape index (κ3) is 2.70. The van der Waals surface area contributed by atoms with Crippen molar-refractivity contribution in [2.24, 2.45) is 0 Å². The molecule has 1 aliphatic rings. The number of urea groups is 1. The fourth-order valence-corrected chi connectivity index (χ4v) is 3.05. The Labute approximate surface area is 129 Å². The topological polar surface area (TPSA) is 87.6 Å². The molecule has 22 heavy (non-hydrogen) atoms. The highest BCUT2D eigenvalue weighted by atomic mass is 16.2. The summed E-state index contributed by atoms with van der Waals surface area (Å²) in [5.74, 6) is 0. The minimum atomic E-state index is -0.171. The van der Waals surface area contributed by atoms with Gasteiger partial charge in [-0.1, -0.05) is 0 Å². The zero-order valence-electron chi connectivity index (χ0n) is 13.2. The number of carbonyl (C=O) groups is 1. The van der Waals surface area contributed by atoms with Gasteiger partial charge in [0.05, 0.1) is 23.3 Å². The van der Waals surface area contributed by atoms with Gasteiger partial charge in [-0.3, -0.25) is 9.78 Å². The van der Waals surface area contributed by atoms with Crippen LogP contribution in [0.3, 0.4) is 0 Å². The van der Waals surface area contributed by atoms with Gasteiger partial charge in [0, 0.05) is 24.7 Å². The van der Waals surface area contributed by atoms with E-state index in [1.807, 2.05) is 31.6 Å². The first kappa shape index (κ1) is 14.6. The molecule has 1 unspecified atom stereocenters. The molecule has 1 atom stereocenters. The van der Waals surface area contributed by atoms with Crippen LogP contribution in [-0.4, -0.2) is 32.1 Å². The van der Waals surface area contributed by atoms with E-state index in [-0.39, 0.29) is 12.1 Å². The second kappa shape index (κ2) is 5.82. The number of aromatic amines is 1. The van der Waals surface area contributed by atoms with Crippen molar-refractivity contribution in [3.63, 3.8) is 0 Å². The summed E-state index contributed by atoms with van der Waals surface area (Å²) in [5, 5.41) is 17.5. The van der Waals surface area contributed by atoms with Crippen LogP contribution < -0.4 is 10.6 Å². The van der Waals surface area contributed by atoms with Crippen LogP contribution in [0.4, 0.5) is 10.5 Å². The summed E-state index contributed by atoms with van der Waals surface area (Å²) in [5.41, 5.74) is 5.01. The Kier molecular flexibility index (Phi) is 3.87. The number of carbonyl (C=O) groups excluding carboxylic acids is 1. The van der Waals surface area contributed by atoms with Crippen molar-refractivity contribution < 1.29 is 4.79 Å². The minimum absolute atomic E-state index is 0.134. The van der Waals surface area contributed by atoms with E-state index in [2.05, 4.69) is 25.9 Å². The molecule has 2 aromatic rings. The minimum Gasteiger partial charge on any atom is -0.335 e. The Morgan fingerprint density at radius 3 is 3.05 bits per heavy atom. The number of anilines is 1. The molecule has 0 saturated heterocycles. The number of rotatable bonds is 3. The van der Waals surface area contributed by atoms with Gasteiger partial charge in [0.15, 0.2) is 0 Å². The first-order chi connectivity index (χ1) is 10.6. The Bertz CT molecular complexity index is 686. The van der Waals surface area contributed by atoms with Gasteiger partial charge in [-0.05, 0) is 39.2 Å². The fraction of sp³-hybridized carbons (Fsp3) is 0.533. The lowest BCUT2D eigenvalue weighted by atomic mass is 9.94. The van der Waals surface area contributed by atoms with E-state index in [1.54, 1.807) is 0 Å². The van der Waals surface area contributed by atoms with Crippen molar-refractivity contribution in [1.29, 1.82) is 0 Å². The van der Waals surface area contributed by atoms with Gasteiger partial charge in [-0.25, -0.2) is 4.79 Å². The molecule has 0 aliphatic heterocycles. The number of hydrogen-bond acceptors (Lipinski definition) is 3. The summed E-state index contributed by atoms with van der Waals surface area (Å²) in [7, 11) is 0. The summed E-state index contributed by atoms with van der Waals surface area (Å²) in [6.45, 7) is 6.71. The van der Waals surface area contributed by atoms with Gasteiger partial charge in [-0.15, -0.1) is 0 Å². The summed E-state index contributed by atoms with van der Waals surface area (Å²) in [4.78, 5) is 12.2. The van der Waals surface area contributed by atoms with Crippen molar-refractivity contribution in [3.8, 4) is 0 Å². The van der Waals surface area contributed by atoms with Gasteiger partial charge in [-0.2, -0.15) is 10.2 Å². The highest BCUT2D eigenvalue weighted by molar-refractivity contribution is 5.90. The van der Waals surface area contributed by atoms with E-state index in [4.69, 9.17) is 0 Å². The average Bonchev–Trinajstić information content (AvgIpc) is 3.06. The van der Waals surface area contributed by atoms with Crippen molar-refractivity contribution in [3.05, 3.63) is 28.8 Å². The molecular weight excluding hydrogens is 280 g/mol. The number of aryl methyl sites for hydroxylation is 3. The number of aromatic nitrogens is 4. The molecule has 7 nitrogen and oxygen atoms in total. The van der Waals surface area contributed by atoms with Crippen LogP contribution in [0.1, 0.15) is 36.0 Å². The Morgan fingerprint density at radius 1 is 1.50 bits per heavy atom. The number of amides is 2. The van der Waals surface area contributed by atoms with Crippen molar-refractivity contribution in [2.45, 2.75) is 52.6 Å². The monoisotopic (exact) mass is 302 g/mol. The van der Waals surface area contributed by atoms with Gasteiger partial charge in [0.2, 0.25) is 0 Å². The van der Waals surface area contributed by atoms with Crippen LogP contribution in [0.5, 0.6) is 0 Å². The zero-order valence-corrected chi connectivity index (χ0v) is 13.2. The molecule has 0 radical (unpaired) electrons. The lowest BCUT2D eigenvalue weighted by Crippen LogP contribution is -2.41. The molecule has 0 saturated carbocycles. The molecule has 0 aromatic carbocycles. The van der Waals surface area contributed by atoms with Crippen LogP contribution in [0.2, 0.25) is 0 Å². The standard InChI is InChI=1S/C15H22N6O/c1-4-21-10(3)14(9(2)20-21)18-15(22)17-12-6-5-11-8-16-19-13(11)7-12/h8,12H,4-7H2,1-3H3,(H,16,19)(H2,17,18,22). The molecule has 118 valence electrons. The molecule has 1 aliphatic carbocycles. The molecule has 0 spiro atoms. The number of nitrogens with one attached hydrogen (secondary N) is 3. The summed E-state index contributed by atoms with van der Waals surface area (Å²) in [6, 6.07) is -0.0374. The SMILES string of the molecule is CCn1nc(C)c(NC(=O)NC2CCc3cn[nH]c3C2)c1C. The van der Waals surface area contributed by atoms with Gasteiger partial charge in [0.25, 0.3) is 0 Å². The lowest BCUT2D eigenvalue weighted by Gasteiger charge is -2.23. The summed E-state index contributed by atoms with van der Waals surface area (Å²) >= 11 is 0. The number of fused-ring (bicyclic) bond motifs is 1. The number of nitrogens with zero attached hydrogens (tertiary/aromatic N) is 3. The fourth-order valence-electron chi connectivity index (χ4n) is 3.05. The Morgan fingerprint density at radius 2 is 2.32 bits per heavy atom. The molecule has 0 fully saturated rings. The molecular formula is C15H22N6O. The molecule has 2 aromatic heterocycles. The van der Waals surface area contributed by atoms with Crippen LogP contribution in [-0.2, 0) is 19.4 Å². The van der Waals surface area contributed by atoms with E-state index >= 15 is 0 Å². The largest absolute Gasteiger partial charge is 0.335 e. The first-order valence-electron chi connectivity index (χ1n) is 7.71. The Hall–Kier alpha value is -2.31. The smallest absolute Gasteiger partial charge is 0.319 e. The summed E-state index contributed by atoms with van der Waals surface area (Å²) in [6.07, 6.45) is 4.56. The molecule has 2 amide bonds. The van der Waals surface area contributed by atoms with Crippen molar-refractivity contribution in [1.82, 2.24) is 25.3 Å². The average molecular weight is 302 g/mol. The van der Waals surface area contributed by atoms with Crippen molar-refractivity contribution in [2.75, 3.05) is 5.32 Å². The quantitative estimate of drug-likeness (QED) is 0.809. The van der Waals surface area contributed by atoms with Crippen LogP contribution in [0, 0.1) is 13.8 Å². The van der Waals surface area contributed by atoms with Crippen LogP contribution in [0.25, 0.3) is 0 Å². The van der Waals surface area contributed by atoms with E-state index in [0.29, 0.717) is 0 Å². The highest BCUT2D eigenvalue weighted by Crippen LogP contribution is 2.21. The summed E-state index contributed by atoms with van der Waals surface area (Å²) < 4.78 is 1.89. The van der Waals surface area contributed by atoms with Gasteiger partial charge < -0.3 is 10.6 Å². The maximum absolute atomic E-state index is 12.2. The normalized spacial score (nSPS) is 17.1. The maximum Gasteiger partial charge on any atom is 0.319 e. The first-order valence-corrected chi connectivity index (χ1v) is 7.71. The van der Waals surface area contributed by atoms with Gasteiger partial charge in [0.1, 0.15) is 0 Å². The predicted octanol–water partition coefficient (Wildman–Crippen LogP) is 1.92. The third-order valence-electron chi connectivity index (χ3n) is 4.27. The molecule has 7 heteroatoms. The molecule has 3 rings (SSSR count). The van der Waals surface area contributed by atoms with Crippen LogP contribution in [0.15, 0.2) is 6.20 Å². The van der Waals surface area contributed by atoms with Gasteiger partial charge >= 0.3 is 6.03 Å². The predicted molar refractivity (Wildman–Crippen MR) is 83.9 cm³/mol. The number of H-pyrrole nitrogens is 1. The Balaban J connectivity index is 1.63. The second-order valence-corrected chi connectivity index (χ2v) is 5.77. The van der Waals surface area contributed by atoms with E-state index in [0.717, 1.165) is 48.6 Å². The third-order valence-corrected chi connectivity index (χ3v) is 4.27. The lowest BCUT2D eigenvalue weighted by molar-refractivity contribution is 0.247.